The molecule has 0 spiro atoms. The highest BCUT2D eigenvalue weighted by Gasteiger charge is 2.41. The molecule has 62 valence electrons. The molecular weight excluding hydrogens is 136 g/mol. The molecule has 2 nitrogen and oxygen atoms in total. The number of hydrogen-bond donors (Lipinski definition) is 1. The summed E-state index contributed by atoms with van der Waals surface area (Å²) in [6.45, 7) is 4.07. The van der Waals surface area contributed by atoms with Gasteiger partial charge in [0, 0.05) is 18.1 Å². The third kappa shape index (κ3) is 0.932. The molecule has 2 bridgehead atoms. The largest absolute Gasteiger partial charge is 0.326 e. The number of piperidine rings is 1. The normalized spacial score (nSPS) is 44.9. The van der Waals surface area contributed by atoms with Crippen LogP contribution in [-0.4, -0.2) is 30.1 Å². The summed E-state index contributed by atoms with van der Waals surface area (Å²) in [5.74, 6) is 0. The van der Waals surface area contributed by atoms with Crippen LogP contribution in [-0.2, 0) is 0 Å². The van der Waals surface area contributed by atoms with Crippen LogP contribution in [0.3, 0.4) is 0 Å². The number of fused-ring (bicyclic) bond motifs is 2. The maximum absolute atomic E-state index is 6.00. The molecule has 2 aliphatic rings. The minimum atomic E-state index is 0.347. The van der Waals surface area contributed by atoms with Crippen molar-refractivity contribution in [3.05, 3.63) is 12.2 Å². The molecule has 3 atom stereocenters. The SMILES string of the molecule is C=C1CC[C@H]2C[C@H](N)[C@@H]1N2C. The molecule has 0 saturated carbocycles. The molecule has 0 amide bonds. The second kappa shape index (κ2) is 2.32. The Labute approximate surface area is 68.1 Å². The predicted octanol–water partition coefficient (Wildman–Crippen LogP) is 0.736. The standard InChI is InChI=1S/C9H16N2/c1-6-3-4-7-5-8(10)9(6)11(7)2/h7-9H,1,3-5,10H2,2H3/t7-,8-,9+/m0/s1. The molecule has 0 radical (unpaired) electrons. The monoisotopic (exact) mass is 152 g/mol. The minimum absolute atomic E-state index is 0.347. The minimum Gasteiger partial charge on any atom is -0.326 e. The summed E-state index contributed by atoms with van der Waals surface area (Å²) in [5.41, 5.74) is 7.34. The quantitative estimate of drug-likeness (QED) is 0.519. The Balaban J connectivity index is 2.25. The van der Waals surface area contributed by atoms with Crippen LogP contribution in [0.25, 0.3) is 0 Å². The fourth-order valence-electron chi connectivity index (χ4n) is 2.55. The lowest BCUT2D eigenvalue weighted by Gasteiger charge is -2.33. The van der Waals surface area contributed by atoms with E-state index < -0.39 is 0 Å². The van der Waals surface area contributed by atoms with Crippen LogP contribution in [0.15, 0.2) is 12.2 Å². The second-order valence-corrected chi connectivity index (χ2v) is 3.86. The highest BCUT2D eigenvalue weighted by atomic mass is 15.2. The molecule has 0 unspecified atom stereocenters. The third-order valence-electron chi connectivity index (χ3n) is 3.18. The van der Waals surface area contributed by atoms with Crippen molar-refractivity contribution in [2.24, 2.45) is 5.73 Å². The highest BCUT2D eigenvalue weighted by Crippen LogP contribution is 2.35. The van der Waals surface area contributed by atoms with E-state index in [1.807, 2.05) is 0 Å². The second-order valence-electron chi connectivity index (χ2n) is 3.86. The molecule has 2 aliphatic heterocycles. The Morgan fingerprint density at radius 1 is 1.64 bits per heavy atom. The van der Waals surface area contributed by atoms with Crippen LogP contribution < -0.4 is 5.73 Å². The average molecular weight is 152 g/mol. The van der Waals surface area contributed by atoms with Gasteiger partial charge in [0.1, 0.15) is 0 Å². The first-order valence-corrected chi connectivity index (χ1v) is 4.35. The Morgan fingerprint density at radius 3 is 3.00 bits per heavy atom. The van der Waals surface area contributed by atoms with Gasteiger partial charge in [0.15, 0.2) is 0 Å². The van der Waals surface area contributed by atoms with Crippen molar-refractivity contribution in [3.63, 3.8) is 0 Å². The zero-order valence-corrected chi connectivity index (χ0v) is 7.09. The lowest BCUT2D eigenvalue weighted by molar-refractivity contribution is 0.218. The molecule has 2 heterocycles. The lowest BCUT2D eigenvalue weighted by Crippen LogP contribution is -2.42. The maximum Gasteiger partial charge on any atom is 0.0456 e. The van der Waals surface area contributed by atoms with Crippen LogP contribution in [0.2, 0.25) is 0 Å². The van der Waals surface area contributed by atoms with E-state index in [-0.39, 0.29) is 0 Å². The lowest BCUT2D eigenvalue weighted by atomic mass is 9.98. The molecule has 0 aliphatic carbocycles. The molecule has 2 rings (SSSR count). The zero-order chi connectivity index (χ0) is 8.01. The third-order valence-corrected chi connectivity index (χ3v) is 3.18. The summed E-state index contributed by atoms with van der Waals surface area (Å²) in [7, 11) is 2.17. The van der Waals surface area contributed by atoms with Gasteiger partial charge < -0.3 is 5.73 Å². The topological polar surface area (TPSA) is 29.3 Å². The molecular formula is C9H16N2. The summed E-state index contributed by atoms with van der Waals surface area (Å²) in [6, 6.07) is 1.56. The predicted molar refractivity (Wildman–Crippen MR) is 46.3 cm³/mol. The van der Waals surface area contributed by atoms with Crippen LogP contribution >= 0.6 is 0 Å². The summed E-state index contributed by atoms with van der Waals surface area (Å²) in [6.07, 6.45) is 3.62. The van der Waals surface area contributed by atoms with Crippen LogP contribution in [0, 0.1) is 0 Å². The summed E-state index contributed by atoms with van der Waals surface area (Å²) in [4.78, 5) is 2.40. The molecule has 0 aromatic rings. The Bertz CT molecular complexity index is 188. The first-order chi connectivity index (χ1) is 5.20. The van der Waals surface area contributed by atoms with Gasteiger partial charge >= 0.3 is 0 Å². The molecule has 2 saturated heterocycles. The molecule has 2 heteroatoms. The Kier molecular flexibility index (Phi) is 1.55. The smallest absolute Gasteiger partial charge is 0.0456 e. The van der Waals surface area contributed by atoms with Crippen LogP contribution in [0.1, 0.15) is 19.3 Å². The van der Waals surface area contributed by atoms with Gasteiger partial charge in [-0.15, -0.1) is 0 Å². The van der Waals surface area contributed by atoms with Crippen molar-refractivity contribution >= 4 is 0 Å². The van der Waals surface area contributed by atoms with Crippen molar-refractivity contribution in [3.8, 4) is 0 Å². The van der Waals surface area contributed by atoms with Gasteiger partial charge in [0.25, 0.3) is 0 Å². The van der Waals surface area contributed by atoms with Crippen molar-refractivity contribution in [1.82, 2.24) is 4.90 Å². The van der Waals surface area contributed by atoms with E-state index in [9.17, 15) is 0 Å². The van der Waals surface area contributed by atoms with E-state index in [1.165, 1.54) is 24.8 Å². The number of nitrogens with zero attached hydrogens (tertiary/aromatic N) is 1. The Hall–Kier alpha value is -0.340. The van der Waals surface area contributed by atoms with Gasteiger partial charge in [-0.25, -0.2) is 0 Å². The zero-order valence-electron chi connectivity index (χ0n) is 7.09. The van der Waals surface area contributed by atoms with Gasteiger partial charge in [-0.3, -0.25) is 4.90 Å². The molecule has 0 aromatic carbocycles. The van der Waals surface area contributed by atoms with Gasteiger partial charge in [0.2, 0.25) is 0 Å². The van der Waals surface area contributed by atoms with Crippen molar-refractivity contribution in [2.45, 2.75) is 37.4 Å². The average Bonchev–Trinajstić information content (AvgIpc) is 2.11. The Morgan fingerprint density at radius 2 is 2.36 bits per heavy atom. The summed E-state index contributed by atoms with van der Waals surface area (Å²) >= 11 is 0. The number of likely N-dealkylation sites (N-methyl/N-ethyl adjacent to an activating group) is 1. The highest BCUT2D eigenvalue weighted by molar-refractivity contribution is 5.18. The molecule has 2 fully saturated rings. The van der Waals surface area contributed by atoms with E-state index in [0.717, 1.165) is 6.04 Å². The fraction of sp³-hybridized carbons (Fsp3) is 0.778. The van der Waals surface area contributed by atoms with Crippen molar-refractivity contribution in [1.29, 1.82) is 0 Å². The van der Waals surface area contributed by atoms with E-state index in [4.69, 9.17) is 5.73 Å². The molecule has 2 N–H and O–H groups in total. The first kappa shape index (κ1) is 7.32. The van der Waals surface area contributed by atoms with E-state index in [2.05, 4.69) is 18.5 Å². The summed E-state index contributed by atoms with van der Waals surface area (Å²) in [5, 5.41) is 0. The molecule has 0 aromatic heterocycles. The maximum atomic E-state index is 6.00. The number of rotatable bonds is 0. The first-order valence-electron chi connectivity index (χ1n) is 4.35. The van der Waals surface area contributed by atoms with Gasteiger partial charge in [-0.1, -0.05) is 12.2 Å². The van der Waals surface area contributed by atoms with Crippen molar-refractivity contribution < 1.29 is 0 Å². The van der Waals surface area contributed by atoms with Crippen LogP contribution in [0.4, 0.5) is 0 Å². The van der Waals surface area contributed by atoms with Gasteiger partial charge in [-0.05, 0) is 26.3 Å². The summed E-state index contributed by atoms with van der Waals surface area (Å²) < 4.78 is 0. The number of hydrogen-bond acceptors (Lipinski definition) is 2. The van der Waals surface area contributed by atoms with Crippen LogP contribution in [0.5, 0.6) is 0 Å². The van der Waals surface area contributed by atoms with E-state index in [0.29, 0.717) is 12.1 Å². The number of nitrogens with two attached hydrogens (primary N) is 1. The molecule has 11 heavy (non-hydrogen) atoms. The van der Waals surface area contributed by atoms with Gasteiger partial charge in [0.05, 0.1) is 0 Å². The van der Waals surface area contributed by atoms with E-state index >= 15 is 0 Å². The fourth-order valence-corrected chi connectivity index (χ4v) is 2.55. The van der Waals surface area contributed by atoms with E-state index in [1.54, 1.807) is 0 Å². The van der Waals surface area contributed by atoms with Gasteiger partial charge in [-0.2, -0.15) is 0 Å². The van der Waals surface area contributed by atoms with Crippen molar-refractivity contribution in [2.75, 3.05) is 7.05 Å².